The van der Waals surface area contributed by atoms with E-state index in [0.29, 0.717) is 22.6 Å². The number of hydrazine groups is 1. The number of amides is 2. The van der Waals surface area contributed by atoms with Crippen molar-refractivity contribution >= 4 is 52.5 Å². The van der Waals surface area contributed by atoms with Gasteiger partial charge in [0.2, 0.25) is 17.8 Å². The molecule has 0 atom stereocenters. The molecule has 0 aliphatic carbocycles. The Morgan fingerprint density at radius 1 is 0.656 bits per heavy atom. The van der Waals surface area contributed by atoms with Gasteiger partial charge >= 0.3 is 6.03 Å². The first-order valence-corrected chi connectivity index (χ1v) is 10.0. The summed E-state index contributed by atoms with van der Waals surface area (Å²) < 4.78 is 0. The summed E-state index contributed by atoms with van der Waals surface area (Å²) in [6, 6.07) is 25.3. The average molecular weight is 447 g/mol. The second kappa shape index (κ2) is 10.1. The van der Waals surface area contributed by atoms with Crippen molar-refractivity contribution in [2.45, 2.75) is 0 Å². The fourth-order valence-corrected chi connectivity index (χ4v) is 2.88. The third-order valence-corrected chi connectivity index (χ3v) is 4.30. The summed E-state index contributed by atoms with van der Waals surface area (Å²) in [6.07, 6.45) is 0. The van der Waals surface area contributed by atoms with E-state index < -0.39 is 6.03 Å². The SMILES string of the molecule is O=C(NNc1nc(Nc2ccccc2)nc(Nc2ccccc2)n1)Nc1cccc(Cl)c1. The summed E-state index contributed by atoms with van der Waals surface area (Å²) in [7, 11) is 0. The number of carbonyl (C=O) groups excluding carboxylic acids is 1. The number of nitrogens with zero attached hydrogens (tertiary/aromatic N) is 3. The maximum absolute atomic E-state index is 12.2. The van der Waals surface area contributed by atoms with E-state index in [4.69, 9.17) is 11.6 Å². The number of para-hydroxylation sites is 2. The Labute approximate surface area is 189 Å². The minimum Gasteiger partial charge on any atom is -0.324 e. The van der Waals surface area contributed by atoms with Crippen LogP contribution in [0.5, 0.6) is 0 Å². The van der Waals surface area contributed by atoms with Crippen molar-refractivity contribution in [2.75, 3.05) is 21.4 Å². The molecule has 4 aromatic rings. The van der Waals surface area contributed by atoms with Gasteiger partial charge in [-0.15, -0.1) is 0 Å². The molecule has 10 heteroatoms. The predicted molar refractivity (Wildman–Crippen MR) is 127 cm³/mol. The van der Waals surface area contributed by atoms with Crippen molar-refractivity contribution in [3.63, 3.8) is 0 Å². The number of hydrogen-bond acceptors (Lipinski definition) is 7. The molecule has 2 amide bonds. The maximum atomic E-state index is 12.2. The molecule has 0 bridgehead atoms. The summed E-state index contributed by atoms with van der Waals surface area (Å²) in [6.45, 7) is 0. The first-order chi connectivity index (χ1) is 15.6. The average Bonchev–Trinajstić information content (AvgIpc) is 2.79. The maximum Gasteiger partial charge on any atom is 0.337 e. The third kappa shape index (κ3) is 6.07. The molecular formula is C22H19ClN8O. The van der Waals surface area contributed by atoms with E-state index in [-0.39, 0.29) is 5.95 Å². The lowest BCUT2D eigenvalue weighted by atomic mass is 10.3. The molecule has 0 saturated carbocycles. The van der Waals surface area contributed by atoms with Crippen molar-refractivity contribution in [3.05, 3.63) is 90.0 Å². The van der Waals surface area contributed by atoms with Crippen molar-refractivity contribution in [3.8, 4) is 0 Å². The molecule has 9 nitrogen and oxygen atoms in total. The Morgan fingerprint density at radius 2 is 1.19 bits per heavy atom. The normalized spacial score (nSPS) is 10.2. The monoisotopic (exact) mass is 446 g/mol. The zero-order valence-corrected chi connectivity index (χ0v) is 17.5. The molecule has 0 aliphatic heterocycles. The van der Waals surface area contributed by atoms with Crippen LogP contribution in [-0.4, -0.2) is 21.0 Å². The Bertz CT molecular complexity index is 1130. The number of hydrogen-bond donors (Lipinski definition) is 5. The standard InChI is InChI=1S/C22H19ClN8O/c23-15-8-7-13-18(14-15)26-22(32)31-30-21-28-19(24-16-9-3-1-4-10-16)27-20(29-21)25-17-11-5-2-6-12-17/h1-14H,(H2,26,31,32)(H3,24,25,27,28,29,30). The number of aromatic nitrogens is 3. The van der Waals surface area contributed by atoms with Gasteiger partial charge in [0, 0.05) is 22.1 Å². The minimum atomic E-state index is -0.511. The van der Waals surface area contributed by atoms with Gasteiger partial charge in [0.15, 0.2) is 0 Å². The number of halogens is 1. The van der Waals surface area contributed by atoms with E-state index in [1.807, 2.05) is 60.7 Å². The van der Waals surface area contributed by atoms with Crippen LogP contribution in [0, 0.1) is 0 Å². The molecule has 0 spiro atoms. The Morgan fingerprint density at radius 3 is 1.75 bits per heavy atom. The van der Waals surface area contributed by atoms with Crippen molar-refractivity contribution in [1.29, 1.82) is 0 Å². The number of urea groups is 1. The van der Waals surface area contributed by atoms with Gasteiger partial charge in [-0.3, -0.25) is 5.43 Å². The van der Waals surface area contributed by atoms with Crippen LogP contribution in [0.4, 0.5) is 39.7 Å². The highest BCUT2D eigenvalue weighted by molar-refractivity contribution is 6.30. The van der Waals surface area contributed by atoms with Crippen LogP contribution >= 0.6 is 11.6 Å². The molecule has 0 aliphatic rings. The predicted octanol–water partition coefficient (Wildman–Crippen LogP) is 5.16. The van der Waals surface area contributed by atoms with Gasteiger partial charge in [-0.1, -0.05) is 54.1 Å². The number of nitrogens with one attached hydrogen (secondary N) is 5. The van der Waals surface area contributed by atoms with E-state index in [2.05, 4.69) is 41.8 Å². The Kier molecular flexibility index (Phi) is 6.59. The molecule has 0 fully saturated rings. The molecule has 0 radical (unpaired) electrons. The Hall–Kier alpha value is -4.37. The smallest absolute Gasteiger partial charge is 0.324 e. The molecule has 5 N–H and O–H groups in total. The van der Waals surface area contributed by atoms with Gasteiger partial charge in [-0.2, -0.15) is 15.0 Å². The van der Waals surface area contributed by atoms with Crippen LogP contribution < -0.4 is 26.8 Å². The quantitative estimate of drug-likeness (QED) is 0.249. The minimum absolute atomic E-state index is 0.137. The van der Waals surface area contributed by atoms with Crippen molar-refractivity contribution < 1.29 is 4.79 Å². The molecule has 4 rings (SSSR count). The number of anilines is 6. The summed E-state index contributed by atoms with van der Waals surface area (Å²) in [4.78, 5) is 25.3. The van der Waals surface area contributed by atoms with Gasteiger partial charge in [0.25, 0.3) is 0 Å². The topological polar surface area (TPSA) is 116 Å². The lowest BCUT2D eigenvalue weighted by Gasteiger charge is -2.12. The first kappa shape index (κ1) is 20.9. The largest absolute Gasteiger partial charge is 0.337 e. The number of rotatable bonds is 7. The molecule has 32 heavy (non-hydrogen) atoms. The molecule has 0 unspecified atom stereocenters. The van der Waals surface area contributed by atoms with Gasteiger partial charge in [-0.05, 0) is 42.5 Å². The third-order valence-electron chi connectivity index (χ3n) is 4.07. The van der Waals surface area contributed by atoms with E-state index >= 15 is 0 Å². The number of benzene rings is 3. The van der Waals surface area contributed by atoms with Crippen LogP contribution in [0.2, 0.25) is 5.02 Å². The first-order valence-electron chi connectivity index (χ1n) is 9.63. The van der Waals surface area contributed by atoms with E-state index in [1.165, 1.54) is 0 Å². The van der Waals surface area contributed by atoms with Gasteiger partial charge in [0.05, 0.1) is 0 Å². The van der Waals surface area contributed by atoms with E-state index in [1.54, 1.807) is 24.3 Å². The summed E-state index contributed by atoms with van der Waals surface area (Å²) in [5.41, 5.74) is 7.35. The van der Waals surface area contributed by atoms with Crippen LogP contribution in [0.25, 0.3) is 0 Å². The van der Waals surface area contributed by atoms with Gasteiger partial charge in [0.1, 0.15) is 0 Å². The summed E-state index contributed by atoms with van der Waals surface area (Å²) in [5, 5.41) is 9.42. The zero-order valence-electron chi connectivity index (χ0n) is 16.7. The van der Waals surface area contributed by atoms with E-state index in [0.717, 1.165) is 11.4 Å². The highest BCUT2D eigenvalue weighted by atomic mass is 35.5. The van der Waals surface area contributed by atoms with Crippen LogP contribution in [-0.2, 0) is 0 Å². The highest BCUT2D eigenvalue weighted by Crippen LogP contribution is 2.18. The molecule has 160 valence electrons. The summed E-state index contributed by atoms with van der Waals surface area (Å²) >= 11 is 5.94. The summed E-state index contributed by atoms with van der Waals surface area (Å²) in [5.74, 6) is 0.728. The van der Waals surface area contributed by atoms with Gasteiger partial charge < -0.3 is 16.0 Å². The fraction of sp³-hybridized carbons (Fsp3) is 0. The van der Waals surface area contributed by atoms with Crippen LogP contribution in [0.15, 0.2) is 84.9 Å². The lowest BCUT2D eigenvalue weighted by Crippen LogP contribution is -2.34. The highest BCUT2D eigenvalue weighted by Gasteiger charge is 2.09. The fourth-order valence-electron chi connectivity index (χ4n) is 2.69. The van der Waals surface area contributed by atoms with E-state index in [9.17, 15) is 4.79 Å². The van der Waals surface area contributed by atoms with Crippen molar-refractivity contribution in [2.24, 2.45) is 0 Å². The second-order valence-corrected chi connectivity index (χ2v) is 6.94. The van der Waals surface area contributed by atoms with Crippen LogP contribution in [0.3, 0.4) is 0 Å². The number of carbonyl (C=O) groups is 1. The molecule has 3 aromatic carbocycles. The van der Waals surface area contributed by atoms with Crippen LogP contribution in [0.1, 0.15) is 0 Å². The molecule has 0 saturated heterocycles. The Balaban J connectivity index is 1.49. The van der Waals surface area contributed by atoms with Crippen molar-refractivity contribution in [1.82, 2.24) is 20.4 Å². The second-order valence-electron chi connectivity index (χ2n) is 6.50. The van der Waals surface area contributed by atoms with Gasteiger partial charge in [-0.25, -0.2) is 10.2 Å². The molecule has 1 aromatic heterocycles. The molecular weight excluding hydrogens is 428 g/mol. The zero-order chi connectivity index (χ0) is 22.2. The lowest BCUT2D eigenvalue weighted by molar-refractivity contribution is 0.253. The molecule has 1 heterocycles.